The van der Waals surface area contributed by atoms with Gasteiger partial charge in [0, 0.05) is 11.8 Å². The first kappa shape index (κ1) is 24.1. The summed E-state index contributed by atoms with van der Waals surface area (Å²) in [4.78, 5) is 29.3. The minimum Gasteiger partial charge on any atom is -0.473 e. The first-order valence-electron chi connectivity index (χ1n) is 10.4. The monoisotopic (exact) mass is 467 g/mol. The predicted octanol–water partition coefficient (Wildman–Crippen LogP) is 6.22. The average molecular weight is 468 g/mol. The Kier molecular flexibility index (Phi) is 7.55. The van der Waals surface area contributed by atoms with Gasteiger partial charge in [-0.1, -0.05) is 41.9 Å². The van der Waals surface area contributed by atoms with Crippen LogP contribution in [0, 0.1) is 6.92 Å². The molecule has 2 amide bonds. The van der Waals surface area contributed by atoms with E-state index in [1.54, 1.807) is 45.9 Å². The summed E-state index contributed by atoms with van der Waals surface area (Å²) in [5.41, 5.74) is 2.09. The summed E-state index contributed by atoms with van der Waals surface area (Å²) in [6, 6.07) is 17.8. The summed E-state index contributed by atoms with van der Waals surface area (Å²) >= 11 is 6.22. The Balaban J connectivity index is 1.67. The van der Waals surface area contributed by atoms with Gasteiger partial charge in [-0.05, 0) is 57.5 Å². The van der Waals surface area contributed by atoms with Gasteiger partial charge in [0.2, 0.25) is 5.88 Å². The van der Waals surface area contributed by atoms with Gasteiger partial charge >= 0.3 is 6.09 Å². The van der Waals surface area contributed by atoms with Crippen molar-refractivity contribution in [1.82, 2.24) is 4.98 Å². The van der Waals surface area contributed by atoms with E-state index in [2.05, 4.69) is 15.6 Å². The second kappa shape index (κ2) is 10.4. The molecule has 0 saturated carbocycles. The Labute approximate surface area is 198 Å². The maximum absolute atomic E-state index is 12.9. The number of hydrogen-bond acceptors (Lipinski definition) is 5. The lowest BCUT2D eigenvalue weighted by Crippen LogP contribution is -2.27. The number of carbonyl (C=O) groups is 2. The summed E-state index contributed by atoms with van der Waals surface area (Å²) in [5, 5.41) is 5.65. The lowest BCUT2D eigenvalue weighted by molar-refractivity contribution is 0.0635. The molecule has 0 radical (unpaired) electrons. The van der Waals surface area contributed by atoms with Crippen LogP contribution in [0.25, 0.3) is 0 Å². The van der Waals surface area contributed by atoms with Crippen molar-refractivity contribution >= 4 is 35.0 Å². The number of halogens is 1. The standard InChI is InChI=1S/C25H26ClN3O4/c1-16-21(12-13-22(27-16)32-15-17-8-6-5-7-9-17)29-23(30)19-14-18(10-11-20(19)26)28-24(31)33-25(2,3)4/h5-14H,15H2,1-4H3,(H,28,31)(H,29,30). The Morgan fingerprint density at radius 1 is 1.00 bits per heavy atom. The normalized spacial score (nSPS) is 10.9. The van der Waals surface area contributed by atoms with E-state index in [9.17, 15) is 9.59 Å². The van der Waals surface area contributed by atoms with Gasteiger partial charge in [-0.25, -0.2) is 9.78 Å². The summed E-state index contributed by atoms with van der Waals surface area (Å²) in [7, 11) is 0. The second-order valence-corrected chi connectivity index (χ2v) is 8.74. The Hall–Kier alpha value is -3.58. The fourth-order valence-corrected chi connectivity index (χ4v) is 3.07. The molecule has 0 spiro atoms. The number of nitrogens with one attached hydrogen (secondary N) is 2. The first-order valence-corrected chi connectivity index (χ1v) is 10.7. The number of nitrogens with zero attached hydrogens (tertiary/aromatic N) is 1. The Morgan fingerprint density at radius 3 is 2.39 bits per heavy atom. The van der Waals surface area contributed by atoms with Crippen LogP contribution in [0.4, 0.5) is 16.2 Å². The van der Waals surface area contributed by atoms with Gasteiger partial charge in [0.05, 0.1) is 22.0 Å². The summed E-state index contributed by atoms with van der Waals surface area (Å²) < 4.78 is 11.0. The maximum Gasteiger partial charge on any atom is 0.412 e. The van der Waals surface area contributed by atoms with Crippen LogP contribution in [0.2, 0.25) is 5.02 Å². The molecule has 7 nitrogen and oxygen atoms in total. The van der Waals surface area contributed by atoms with E-state index in [1.165, 1.54) is 12.1 Å². The van der Waals surface area contributed by atoms with E-state index in [1.807, 2.05) is 30.3 Å². The molecule has 0 fully saturated rings. The van der Waals surface area contributed by atoms with Gasteiger partial charge in [-0.2, -0.15) is 0 Å². The van der Waals surface area contributed by atoms with E-state index in [-0.39, 0.29) is 10.6 Å². The number of carbonyl (C=O) groups excluding carboxylic acids is 2. The molecular formula is C25H26ClN3O4. The fraction of sp³-hybridized carbons (Fsp3) is 0.240. The van der Waals surface area contributed by atoms with Crippen LogP contribution in [0.3, 0.4) is 0 Å². The largest absolute Gasteiger partial charge is 0.473 e. The van der Waals surface area contributed by atoms with Crippen molar-refractivity contribution in [2.24, 2.45) is 0 Å². The zero-order valence-electron chi connectivity index (χ0n) is 18.9. The highest BCUT2D eigenvalue weighted by molar-refractivity contribution is 6.34. The molecule has 172 valence electrons. The van der Waals surface area contributed by atoms with Crippen LogP contribution < -0.4 is 15.4 Å². The third-order valence-corrected chi connectivity index (χ3v) is 4.72. The Bertz CT molecular complexity index is 1140. The zero-order valence-corrected chi connectivity index (χ0v) is 19.7. The minimum atomic E-state index is -0.641. The number of anilines is 2. The Morgan fingerprint density at radius 2 is 1.73 bits per heavy atom. The molecule has 8 heteroatoms. The summed E-state index contributed by atoms with van der Waals surface area (Å²) in [5.74, 6) is 0.0200. The predicted molar refractivity (Wildman–Crippen MR) is 129 cm³/mol. The molecule has 0 aliphatic heterocycles. The lowest BCUT2D eigenvalue weighted by atomic mass is 10.1. The molecule has 3 rings (SSSR count). The van der Waals surface area contributed by atoms with Gasteiger partial charge in [0.25, 0.3) is 5.91 Å². The number of amides is 2. The molecule has 1 heterocycles. The van der Waals surface area contributed by atoms with Crippen molar-refractivity contribution in [2.75, 3.05) is 10.6 Å². The van der Waals surface area contributed by atoms with E-state index in [0.29, 0.717) is 29.6 Å². The van der Waals surface area contributed by atoms with Crippen LogP contribution in [0.15, 0.2) is 60.7 Å². The van der Waals surface area contributed by atoms with E-state index in [0.717, 1.165) is 5.56 Å². The van der Waals surface area contributed by atoms with E-state index >= 15 is 0 Å². The number of aromatic nitrogens is 1. The molecule has 1 aromatic heterocycles. The number of rotatable bonds is 6. The summed E-state index contributed by atoms with van der Waals surface area (Å²) in [6.07, 6.45) is -0.623. The molecular weight excluding hydrogens is 442 g/mol. The van der Waals surface area contributed by atoms with Gasteiger partial charge in [0.15, 0.2) is 0 Å². The van der Waals surface area contributed by atoms with E-state index < -0.39 is 17.6 Å². The molecule has 2 aromatic carbocycles. The van der Waals surface area contributed by atoms with Gasteiger partial charge in [0.1, 0.15) is 12.2 Å². The molecule has 33 heavy (non-hydrogen) atoms. The molecule has 0 bridgehead atoms. The topological polar surface area (TPSA) is 89.5 Å². The molecule has 0 aliphatic rings. The lowest BCUT2D eigenvalue weighted by Gasteiger charge is -2.20. The number of aryl methyl sites for hydroxylation is 1. The van der Waals surface area contributed by atoms with Crippen molar-refractivity contribution in [3.8, 4) is 5.88 Å². The third-order valence-electron chi connectivity index (χ3n) is 4.39. The van der Waals surface area contributed by atoms with Crippen LogP contribution in [0.1, 0.15) is 42.4 Å². The van der Waals surface area contributed by atoms with Gasteiger partial charge in [-0.15, -0.1) is 0 Å². The van der Waals surface area contributed by atoms with Crippen molar-refractivity contribution in [3.05, 3.63) is 82.5 Å². The number of ether oxygens (including phenoxy) is 2. The molecule has 0 saturated heterocycles. The minimum absolute atomic E-state index is 0.203. The molecule has 2 N–H and O–H groups in total. The zero-order chi connectivity index (χ0) is 24.0. The second-order valence-electron chi connectivity index (χ2n) is 8.33. The van der Waals surface area contributed by atoms with Crippen LogP contribution >= 0.6 is 11.6 Å². The molecule has 0 aliphatic carbocycles. The quantitative estimate of drug-likeness (QED) is 0.449. The van der Waals surface area contributed by atoms with Gasteiger partial charge in [-0.3, -0.25) is 10.1 Å². The third kappa shape index (κ3) is 7.22. The van der Waals surface area contributed by atoms with Gasteiger partial charge < -0.3 is 14.8 Å². The SMILES string of the molecule is Cc1nc(OCc2ccccc2)ccc1NC(=O)c1cc(NC(=O)OC(C)(C)C)ccc1Cl. The van der Waals surface area contributed by atoms with Crippen LogP contribution in [0.5, 0.6) is 5.88 Å². The van der Waals surface area contributed by atoms with Crippen LogP contribution in [-0.2, 0) is 11.3 Å². The van der Waals surface area contributed by atoms with Crippen molar-refractivity contribution in [1.29, 1.82) is 0 Å². The van der Waals surface area contributed by atoms with Crippen molar-refractivity contribution < 1.29 is 19.1 Å². The highest BCUT2D eigenvalue weighted by Crippen LogP contribution is 2.24. The number of pyridine rings is 1. The summed E-state index contributed by atoms with van der Waals surface area (Å²) in [6.45, 7) is 7.46. The number of hydrogen-bond donors (Lipinski definition) is 2. The molecule has 3 aromatic rings. The highest BCUT2D eigenvalue weighted by Gasteiger charge is 2.18. The smallest absolute Gasteiger partial charge is 0.412 e. The van der Waals surface area contributed by atoms with Crippen molar-refractivity contribution in [2.45, 2.75) is 39.9 Å². The average Bonchev–Trinajstić information content (AvgIpc) is 2.74. The van der Waals surface area contributed by atoms with Crippen molar-refractivity contribution in [3.63, 3.8) is 0 Å². The highest BCUT2D eigenvalue weighted by atomic mass is 35.5. The van der Waals surface area contributed by atoms with E-state index in [4.69, 9.17) is 21.1 Å². The fourth-order valence-electron chi connectivity index (χ4n) is 2.87. The molecule has 0 atom stereocenters. The van der Waals surface area contributed by atoms with Crippen LogP contribution in [-0.4, -0.2) is 22.6 Å². The first-order chi connectivity index (χ1) is 15.6. The molecule has 0 unspecified atom stereocenters. The number of benzene rings is 2. The maximum atomic E-state index is 12.9.